The summed E-state index contributed by atoms with van der Waals surface area (Å²) >= 11 is 9.54. The van der Waals surface area contributed by atoms with Crippen LogP contribution in [-0.4, -0.2) is 7.11 Å². The molecule has 0 unspecified atom stereocenters. The van der Waals surface area contributed by atoms with E-state index >= 15 is 0 Å². The molecule has 0 N–H and O–H groups in total. The minimum absolute atomic E-state index is 0.660. The Labute approximate surface area is 108 Å². The first kappa shape index (κ1) is 11.5. The van der Waals surface area contributed by atoms with Gasteiger partial charge in [0.1, 0.15) is 5.75 Å². The van der Waals surface area contributed by atoms with E-state index in [1.54, 1.807) is 13.2 Å². The maximum absolute atomic E-state index is 6.15. The summed E-state index contributed by atoms with van der Waals surface area (Å²) in [7, 11) is 1.65. The van der Waals surface area contributed by atoms with Crippen molar-refractivity contribution in [3.05, 3.63) is 52.0 Å². The predicted octanol–water partition coefficient (Wildman–Crippen LogP) is 4.58. The van der Waals surface area contributed by atoms with Crippen LogP contribution < -0.4 is 4.74 Å². The van der Waals surface area contributed by atoms with E-state index in [-0.39, 0.29) is 0 Å². The molecule has 2 aromatic rings. The third-order valence-electron chi connectivity index (χ3n) is 2.26. The molecule has 0 saturated heterocycles. The molecule has 16 heavy (non-hydrogen) atoms. The lowest BCUT2D eigenvalue weighted by Gasteiger charge is -2.09. The van der Waals surface area contributed by atoms with E-state index in [2.05, 4.69) is 22.0 Å². The van der Waals surface area contributed by atoms with Crippen LogP contribution in [-0.2, 0) is 0 Å². The van der Waals surface area contributed by atoms with Gasteiger partial charge in [0.25, 0.3) is 0 Å². The van der Waals surface area contributed by atoms with Crippen molar-refractivity contribution < 1.29 is 4.74 Å². The Morgan fingerprint density at radius 3 is 2.75 bits per heavy atom. The number of benzene rings is 2. The maximum Gasteiger partial charge on any atom is 0.126 e. The second-order valence-corrected chi connectivity index (χ2v) is 4.50. The van der Waals surface area contributed by atoms with E-state index < -0.39 is 0 Å². The number of ether oxygens (including phenoxy) is 1. The second kappa shape index (κ2) is 4.89. The normalized spacial score (nSPS) is 10.2. The highest BCUT2D eigenvalue weighted by molar-refractivity contribution is 9.10. The lowest BCUT2D eigenvalue weighted by molar-refractivity contribution is 0.416. The zero-order valence-corrected chi connectivity index (χ0v) is 11.0. The van der Waals surface area contributed by atoms with Crippen molar-refractivity contribution in [1.82, 2.24) is 0 Å². The fourth-order valence-electron chi connectivity index (χ4n) is 1.52. The molecule has 2 aromatic carbocycles. The van der Waals surface area contributed by atoms with E-state index in [0.717, 1.165) is 21.3 Å². The van der Waals surface area contributed by atoms with Crippen LogP contribution in [0.5, 0.6) is 5.75 Å². The Morgan fingerprint density at radius 1 is 1.25 bits per heavy atom. The van der Waals surface area contributed by atoms with E-state index in [4.69, 9.17) is 16.3 Å². The van der Waals surface area contributed by atoms with Crippen molar-refractivity contribution in [1.29, 1.82) is 0 Å². The summed E-state index contributed by atoms with van der Waals surface area (Å²) in [6.45, 7) is 0. The van der Waals surface area contributed by atoms with Gasteiger partial charge < -0.3 is 4.74 Å². The molecule has 0 spiro atoms. The molecule has 0 aliphatic rings. The van der Waals surface area contributed by atoms with Crippen molar-refractivity contribution >= 4 is 27.5 Å². The zero-order chi connectivity index (χ0) is 11.5. The number of halogens is 2. The topological polar surface area (TPSA) is 9.23 Å². The highest BCUT2D eigenvalue weighted by Gasteiger charge is 2.09. The van der Waals surface area contributed by atoms with Crippen LogP contribution in [0.4, 0.5) is 0 Å². The van der Waals surface area contributed by atoms with Crippen LogP contribution in [0.15, 0.2) is 40.9 Å². The minimum Gasteiger partial charge on any atom is -0.496 e. The molecule has 0 amide bonds. The number of hydrogen-bond acceptors (Lipinski definition) is 1. The zero-order valence-electron chi connectivity index (χ0n) is 8.63. The van der Waals surface area contributed by atoms with Gasteiger partial charge in [-0.3, -0.25) is 0 Å². The fourth-order valence-corrected chi connectivity index (χ4v) is 2.08. The quantitative estimate of drug-likeness (QED) is 0.788. The Kier molecular flexibility index (Phi) is 3.52. The van der Waals surface area contributed by atoms with Crippen LogP contribution >= 0.6 is 27.5 Å². The molecule has 0 aromatic heterocycles. The maximum atomic E-state index is 6.15. The first-order chi connectivity index (χ1) is 7.72. The van der Waals surface area contributed by atoms with Crippen LogP contribution in [0, 0.1) is 6.07 Å². The van der Waals surface area contributed by atoms with Crippen molar-refractivity contribution in [2.45, 2.75) is 0 Å². The molecule has 0 atom stereocenters. The van der Waals surface area contributed by atoms with Gasteiger partial charge in [-0.1, -0.05) is 45.7 Å². The van der Waals surface area contributed by atoms with Crippen LogP contribution in [0.25, 0.3) is 11.1 Å². The molecule has 0 aliphatic heterocycles. The van der Waals surface area contributed by atoms with Gasteiger partial charge in [-0.2, -0.15) is 0 Å². The van der Waals surface area contributed by atoms with Gasteiger partial charge in [0.15, 0.2) is 0 Å². The van der Waals surface area contributed by atoms with Gasteiger partial charge in [0.05, 0.1) is 7.11 Å². The number of methoxy groups -OCH3 is 1. The summed E-state index contributed by atoms with van der Waals surface area (Å²) in [6.07, 6.45) is 0. The smallest absolute Gasteiger partial charge is 0.126 e. The highest BCUT2D eigenvalue weighted by atomic mass is 79.9. The molecule has 1 radical (unpaired) electrons. The summed E-state index contributed by atoms with van der Waals surface area (Å²) in [5.41, 5.74) is 1.91. The van der Waals surface area contributed by atoms with Crippen LogP contribution in [0.2, 0.25) is 5.02 Å². The Hall–Kier alpha value is -0.990. The summed E-state index contributed by atoms with van der Waals surface area (Å²) in [4.78, 5) is 0. The summed E-state index contributed by atoms with van der Waals surface area (Å²) in [5, 5.41) is 0.660. The Balaban J connectivity index is 2.62. The molecule has 81 valence electrons. The molecular weight excluding hydrogens is 287 g/mol. The van der Waals surface area contributed by atoms with Crippen LogP contribution in [0.3, 0.4) is 0 Å². The molecule has 0 heterocycles. The van der Waals surface area contributed by atoms with E-state index in [0.29, 0.717) is 5.02 Å². The number of rotatable bonds is 2. The van der Waals surface area contributed by atoms with Gasteiger partial charge >= 0.3 is 0 Å². The van der Waals surface area contributed by atoms with Gasteiger partial charge in [0.2, 0.25) is 0 Å². The monoisotopic (exact) mass is 295 g/mol. The van der Waals surface area contributed by atoms with Crippen LogP contribution in [0.1, 0.15) is 0 Å². The highest BCUT2D eigenvalue weighted by Crippen LogP contribution is 2.35. The third kappa shape index (κ3) is 2.23. The standard InChI is InChI=1S/C13H9BrClO/c1-16-13-5-3-2-4-10(13)11-8-9(14)6-7-12(11)15/h2-5,7-8H,1H3. The van der Waals surface area contributed by atoms with E-state index in [1.807, 2.05) is 30.3 Å². The molecule has 0 saturated carbocycles. The Morgan fingerprint density at radius 2 is 2.00 bits per heavy atom. The lowest BCUT2D eigenvalue weighted by Crippen LogP contribution is -1.88. The number of para-hydroxylation sites is 1. The van der Waals surface area contributed by atoms with Crippen molar-refractivity contribution in [2.24, 2.45) is 0 Å². The third-order valence-corrected chi connectivity index (χ3v) is 3.03. The molecule has 3 heteroatoms. The van der Waals surface area contributed by atoms with Gasteiger partial charge in [-0.15, -0.1) is 0 Å². The van der Waals surface area contributed by atoms with Crippen molar-refractivity contribution in [3.8, 4) is 16.9 Å². The van der Waals surface area contributed by atoms with E-state index in [9.17, 15) is 0 Å². The average molecular weight is 297 g/mol. The molecule has 0 aliphatic carbocycles. The first-order valence-electron chi connectivity index (χ1n) is 4.72. The number of hydrogen-bond donors (Lipinski definition) is 0. The summed E-state index contributed by atoms with van der Waals surface area (Å²) in [5.74, 6) is 0.808. The average Bonchev–Trinajstić information content (AvgIpc) is 2.32. The largest absolute Gasteiger partial charge is 0.496 e. The minimum atomic E-state index is 0.660. The summed E-state index contributed by atoms with van der Waals surface area (Å²) in [6, 6.07) is 14.4. The van der Waals surface area contributed by atoms with Gasteiger partial charge in [-0.25, -0.2) is 0 Å². The molecule has 1 nitrogen and oxygen atoms in total. The van der Waals surface area contributed by atoms with Crippen molar-refractivity contribution in [3.63, 3.8) is 0 Å². The molecule has 2 rings (SSSR count). The van der Waals surface area contributed by atoms with E-state index in [1.165, 1.54) is 0 Å². The lowest BCUT2D eigenvalue weighted by atomic mass is 10.0. The molecular formula is C13H9BrClO. The predicted molar refractivity (Wildman–Crippen MR) is 70.0 cm³/mol. The van der Waals surface area contributed by atoms with Crippen molar-refractivity contribution in [2.75, 3.05) is 7.11 Å². The first-order valence-corrected chi connectivity index (χ1v) is 5.89. The Bertz CT molecular complexity index is 511. The van der Waals surface area contributed by atoms with Gasteiger partial charge in [-0.05, 0) is 24.3 Å². The molecule has 0 bridgehead atoms. The SMILES string of the molecule is COc1ccccc1-c1cc(Br)[c]cc1Cl. The van der Waals surface area contributed by atoms with Gasteiger partial charge in [0, 0.05) is 20.6 Å². The summed E-state index contributed by atoms with van der Waals surface area (Å²) < 4.78 is 6.18. The second-order valence-electron chi connectivity index (χ2n) is 3.24. The fraction of sp³-hybridized carbons (Fsp3) is 0.0769. The molecule has 0 fully saturated rings.